The van der Waals surface area contributed by atoms with Crippen LogP contribution in [-0.4, -0.2) is 23.3 Å². The van der Waals surface area contributed by atoms with Gasteiger partial charge in [-0.15, -0.1) is 0 Å². The number of nitrogens with one attached hydrogen (secondary N) is 1. The summed E-state index contributed by atoms with van der Waals surface area (Å²) in [7, 11) is 0. The Hall–Kier alpha value is -2.63. The van der Waals surface area contributed by atoms with Crippen molar-refractivity contribution >= 4 is 28.4 Å². The van der Waals surface area contributed by atoms with Gasteiger partial charge in [0.25, 0.3) is 5.91 Å². The van der Waals surface area contributed by atoms with Crippen LogP contribution in [0.5, 0.6) is 0 Å². The molecule has 0 saturated carbocycles. The number of carbonyl (C=O) groups is 2. The number of benzene rings is 1. The number of primary amides is 1. The first kappa shape index (κ1) is 13.8. The van der Waals surface area contributed by atoms with Crippen molar-refractivity contribution in [3.63, 3.8) is 0 Å². The number of nitrogens with zero attached hydrogens (tertiary/aromatic N) is 1. The molecule has 2 amide bonds. The van der Waals surface area contributed by atoms with Crippen LogP contribution in [0.3, 0.4) is 0 Å². The predicted molar refractivity (Wildman–Crippen MR) is 76.9 cm³/mol. The lowest BCUT2D eigenvalue weighted by atomic mass is 10.1. The molecular weight excluding hydrogens is 256 g/mol. The van der Waals surface area contributed by atoms with E-state index >= 15 is 0 Å². The van der Waals surface area contributed by atoms with Gasteiger partial charge in [-0.2, -0.15) is 0 Å². The highest BCUT2D eigenvalue weighted by Crippen LogP contribution is 2.19. The molecule has 0 saturated heterocycles. The number of fused-ring (bicyclic) bond motifs is 1. The second-order valence-electron chi connectivity index (χ2n) is 4.44. The zero-order valence-corrected chi connectivity index (χ0v) is 10.9. The maximum atomic E-state index is 11.9. The molecule has 2 aromatic rings. The fraction of sp³-hybridized carbons (Fsp3) is 0.214. The minimum Gasteiger partial charge on any atom is -0.383 e. The Morgan fingerprint density at radius 3 is 2.75 bits per heavy atom. The van der Waals surface area contributed by atoms with Crippen LogP contribution in [0.15, 0.2) is 30.3 Å². The Bertz CT molecular complexity index is 655. The number of hydrogen-bond acceptors (Lipinski definition) is 4. The van der Waals surface area contributed by atoms with Gasteiger partial charge in [0.15, 0.2) is 0 Å². The normalized spacial score (nSPS) is 10.4. The lowest BCUT2D eigenvalue weighted by molar-refractivity contribution is -0.118. The van der Waals surface area contributed by atoms with Crippen LogP contribution in [0.25, 0.3) is 10.8 Å². The summed E-state index contributed by atoms with van der Waals surface area (Å²) in [5.41, 5.74) is 11.1. The predicted octanol–water partition coefficient (Wildman–Crippen LogP) is 0.812. The Morgan fingerprint density at radius 1 is 1.25 bits per heavy atom. The molecule has 0 atom stereocenters. The van der Waals surface area contributed by atoms with E-state index in [1.165, 1.54) is 0 Å². The van der Waals surface area contributed by atoms with Gasteiger partial charge < -0.3 is 16.8 Å². The van der Waals surface area contributed by atoms with Crippen LogP contribution < -0.4 is 16.8 Å². The summed E-state index contributed by atoms with van der Waals surface area (Å²) in [6.07, 6.45) is 0.748. The molecule has 2 rings (SSSR count). The standard InChI is InChI=1S/C14H16N4O2/c15-12(19)6-3-7-17-14(20)11-8-9-4-1-2-5-10(9)13(16)18-11/h1-2,4-5,8H,3,6-7H2,(H2,15,19)(H2,16,18)(H,17,20). The summed E-state index contributed by atoms with van der Waals surface area (Å²) in [6.45, 7) is 0.371. The lowest BCUT2D eigenvalue weighted by Gasteiger charge is -2.07. The Morgan fingerprint density at radius 2 is 2.00 bits per heavy atom. The average molecular weight is 272 g/mol. The second-order valence-corrected chi connectivity index (χ2v) is 4.44. The molecule has 0 bridgehead atoms. The van der Waals surface area contributed by atoms with Crippen molar-refractivity contribution in [2.75, 3.05) is 12.3 Å². The smallest absolute Gasteiger partial charge is 0.269 e. The molecule has 6 heteroatoms. The first-order chi connectivity index (χ1) is 9.58. The number of aromatic nitrogens is 1. The SMILES string of the molecule is NC(=O)CCCNC(=O)c1cc2ccccc2c(N)n1. The van der Waals surface area contributed by atoms with Crippen molar-refractivity contribution in [3.8, 4) is 0 Å². The van der Waals surface area contributed by atoms with Gasteiger partial charge in [0.05, 0.1) is 0 Å². The molecule has 0 unspecified atom stereocenters. The third kappa shape index (κ3) is 3.23. The van der Waals surface area contributed by atoms with E-state index in [1.54, 1.807) is 6.07 Å². The van der Waals surface area contributed by atoms with E-state index in [0.29, 0.717) is 18.8 Å². The molecule has 104 valence electrons. The third-order valence-electron chi connectivity index (χ3n) is 2.89. The van der Waals surface area contributed by atoms with E-state index in [2.05, 4.69) is 10.3 Å². The zero-order valence-electron chi connectivity index (χ0n) is 10.9. The molecule has 0 aliphatic carbocycles. The molecule has 0 aliphatic heterocycles. The van der Waals surface area contributed by atoms with Gasteiger partial charge in [-0.05, 0) is 17.9 Å². The number of carbonyl (C=O) groups excluding carboxylic acids is 2. The van der Waals surface area contributed by atoms with E-state index < -0.39 is 0 Å². The molecule has 6 nitrogen and oxygen atoms in total. The van der Waals surface area contributed by atoms with Crippen molar-refractivity contribution < 1.29 is 9.59 Å². The average Bonchev–Trinajstić information content (AvgIpc) is 2.43. The van der Waals surface area contributed by atoms with Crippen molar-refractivity contribution in [2.45, 2.75) is 12.8 Å². The number of rotatable bonds is 5. The molecular formula is C14H16N4O2. The monoisotopic (exact) mass is 272 g/mol. The number of anilines is 1. The van der Waals surface area contributed by atoms with Crippen LogP contribution in [0.1, 0.15) is 23.3 Å². The maximum Gasteiger partial charge on any atom is 0.269 e. The number of amides is 2. The van der Waals surface area contributed by atoms with Gasteiger partial charge in [0.2, 0.25) is 5.91 Å². The van der Waals surface area contributed by atoms with Crippen molar-refractivity contribution in [3.05, 3.63) is 36.0 Å². The largest absolute Gasteiger partial charge is 0.383 e. The van der Waals surface area contributed by atoms with Crippen molar-refractivity contribution in [2.24, 2.45) is 5.73 Å². The van der Waals surface area contributed by atoms with Gasteiger partial charge in [-0.3, -0.25) is 9.59 Å². The van der Waals surface area contributed by atoms with E-state index in [4.69, 9.17) is 11.5 Å². The molecule has 1 aromatic carbocycles. The van der Waals surface area contributed by atoms with Crippen LogP contribution >= 0.6 is 0 Å². The first-order valence-electron chi connectivity index (χ1n) is 6.29. The number of nitrogens with two attached hydrogens (primary N) is 2. The Labute approximate surface area is 116 Å². The summed E-state index contributed by atoms with van der Waals surface area (Å²) >= 11 is 0. The number of pyridine rings is 1. The van der Waals surface area contributed by atoms with Crippen LogP contribution in [0.2, 0.25) is 0 Å². The van der Waals surface area contributed by atoms with Gasteiger partial charge in [0, 0.05) is 18.4 Å². The summed E-state index contributed by atoms with van der Waals surface area (Å²) in [4.78, 5) is 26.6. The van der Waals surface area contributed by atoms with Crippen molar-refractivity contribution in [1.82, 2.24) is 10.3 Å². The van der Waals surface area contributed by atoms with E-state index in [1.807, 2.05) is 24.3 Å². The molecule has 0 aliphatic rings. The number of nitrogen functional groups attached to an aromatic ring is 1. The molecule has 0 spiro atoms. The molecule has 20 heavy (non-hydrogen) atoms. The summed E-state index contributed by atoms with van der Waals surface area (Å²) < 4.78 is 0. The molecule has 1 aromatic heterocycles. The summed E-state index contributed by atoms with van der Waals surface area (Å²) in [5.74, 6) is -0.371. The van der Waals surface area contributed by atoms with Crippen LogP contribution in [0.4, 0.5) is 5.82 Å². The van der Waals surface area contributed by atoms with Gasteiger partial charge in [-0.1, -0.05) is 24.3 Å². The zero-order chi connectivity index (χ0) is 14.5. The second kappa shape index (κ2) is 6.01. The molecule has 0 fully saturated rings. The van der Waals surface area contributed by atoms with Crippen molar-refractivity contribution in [1.29, 1.82) is 0 Å². The fourth-order valence-corrected chi connectivity index (χ4v) is 1.90. The van der Waals surface area contributed by atoms with Gasteiger partial charge in [0.1, 0.15) is 11.5 Å². The highest BCUT2D eigenvalue weighted by atomic mass is 16.2. The molecule has 1 heterocycles. The highest BCUT2D eigenvalue weighted by Gasteiger charge is 2.10. The minimum atomic E-state index is -0.382. The van der Waals surface area contributed by atoms with Crippen LogP contribution in [0, 0.1) is 0 Å². The van der Waals surface area contributed by atoms with E-state index in [9.17, 15) is 9.59 Å². The summed E-state index contributed by atoms with van der Waals surface area (Å²) in [6, 6.07) is 9.15. The fourth-order valence-electron chi connectivity index (χ4n) is 1.90. The molecule has 0 radical (unpaired) electrons. The third-order valence-corrected chi connectivity index (χ3v) is 2.89. The number of hydrogen-bond donors (Lipinski definition) is 3. The first-order valence-corrected chi connectivity index (χ1v) is 6.29. The Balaban J connectivity index is 2.08. The molecule has 5 N–H and O–H groups in total. The minimum absolute atomic E-state index is 0.244. The quantitative estimate of drug-likeness (QED) is 0.699. The van der Waals surface area contributed by atoms with Gasteiger partial charge >= 0.3 is 0 Å². The van der Waals surface area contributed by atoms with E-state index in [-0.39, 0.29) is 23.9 Å². The van der Waals surface area contributed by atoms with E-state index in [0.717, 1.165) is 10.8 Å². The lowest BCUT2D eigenvalue weighted by Crippen LogP contribution is -2.26. The highest BCUT2D eigenvalue weighted by molar-refractivity contribution is 5.99. The van der Waals surface area contributed by atoms with Gasteiger partial charge in [-0.25, -0.2) is 4.98 Å². The summed E-state index contributed by atoms with van der Waals surface area (Å²) in [5, 5.41) is 4.36. The maximum absolute atomic E-state index is 11.9. The topological polar surface area (TPSA) is 111 Å². The Kier molecular flexibility index (Phi) is 4.14. The van der Waals surface area contributed by atoms with Crippen LogP contribution in [-0.2, 0) is 4.79 Å².